The summed E-state index contributed by atoms with van der Waals surface area (Å²) < 4.78 is 0. The molecule has 0 aliphatic carbocycles. The van der Waals surface area contributed by atoms with E-state index < -0.39 is 6.04 Å². The Bertz CT molecular complexity index is 1210. The molecule has 1 atom stereocenters. The minimum Gasteiger partial charge on any atom is -0.355 e. The number of benzene rings is 3. The van der Waals surface area contributed by atoms with E-state index in [1.54, 1.807) is 16.7 Å². The smallest absolute Gasteiger partial charge is 0.258 e. The molecule has 4 rings (SSSR count). The lowest BCUT2D eigenvalue weighted by Crippen LogP contribution is -2.47. The monoisotopic (exact) mass is 457 g/mol. The van der Waals surface area contributed by atoms with Crippen LogP contribution >= 0.6 is 0 Å². The summed E-state index contributed by atoms with van der Waals surface area (Å²) in [5.41, 5.74) is 3.74. The van der Waals surface area contributed by atoms with Crippen LogP contribution < -0.4 is 10.2 Å². The van der Waals surface area contributed by atoms with Gasteiger partial charge < -0.3 is 15.1 Å². The SMILES string of the molecule is CCNC(=O)[C@@H](C)N(Cc1ccc(C)cc1)C(=O)CCCN1C(=O)c2cccc3cccc1c23. The Hall–Kier alpha value is -3.67. The number of anilines is 1. The van der Waals surface area contributed by atoms with Crippen LogP contribution in [0.5, 0.6) is 0 Å². The molecule has 0 spiro atoms. The lowest BCUT2D eigenvalue weighted by molar-refractivity contribution is -0.140. The van der Waals surface area contributed by atoms with E-state index in [4.69, 9.17) is 0 Å². The van der Waals surface area contributed by atoms with Crippen molar-refractivity contribution in [2.75, 3.05) is 18.0 Å². The molecule has 6 nitrogen and oxygen atoms in total. The number of rotatable bonds is 9. The number of likely N-dealkylation sites (N-methyl/N-ethyl adjacent to an activating group) is 1. The predicted molar refractivity (Wildman–Crippen MR) is 135 cm³/mol. The summed E-state index contributed by atoms with van der Waals surface area (Å²) in [6.45, 7) is 6.97. The number of nitrogens with one attached hydrogen (secondary N) is 1. The van der Waals surface area contributed by atoms with Crippen LogP contribution in [-0.4, -0.2) is 41.8 Å². The third-order valence-corrected chi connectivity index (χ3v) is 6.41. The van der Waals surface area contributed by atoms with Crippen LogP contribution in [0.15, 0.2) is 60.7 Å². The second-order valence-electron chi connectivity index (χ2n) is 8.82. The van der Waals surface area contributed by atoms with Gasteiger partial charge in [-0.2, -0.15) is 0 Å². The van der Waals surface area contributed by atoms with Gasteiger partial charge in [-0.25, -0.2) is 0 Å². The van der Waals surface area contributed by atoms with Crippen LogP contribution in [0.2, 0.25) is 0 Å². The van der Waals surface area contributed by atoms with E-state index >= 15 is 0 Å². The molecule has 6 heteroatoms. The average Bonchev–Trinajstić information content (AvgIpc) is 3.11. The highest BCUT2D eigenvalue weighted by atomic mass is 16.2. The van der Waals surface area contributed by atoms with Crippen LogP contribution in [-0.2, 0) is 16.1 Å². The van der Waals surface area contributed by atoms with E-state index in [0.717, 1.165) is 27.6 Å². The van der Waals surface area contributed by atoms with E-state index in [2.05, 4.69) is 5.32 Å². The summed E-state index contributed by atoms with van der Waals surface area (Å²) in [5.74, 6) is -0.284. The first-order chi connectivity index (χ1) is 16.4. The van der Waals surface area contributed by atoms with Crippen LogP contribution in [0, 0.1) is 6.92 Å². The molecule has 1 aliphatic rings. The molecule has 3 aromatic rings. The van der Waals surface area contributed by atoms with Gasteiger partial charge in [0.25, 0.3) is 5.91 Å². The molecule has 176 valence electrons. The van der Waals surface area contributed by atoms with Crippen molar-refractivity contribution >= 4 is 34.2 Å². The standard InChI is InChI=1S/C28H31N3O3/c1-4-29-27(33)20(3)31(18-21-15-13-19(2)14-16-21)25(32)12-7-17-30-24-11-6-9-22-8-5-10-23(26(22)24)28(30)34/h5-6,8-11,13-16,20H,4,7,12,17-18H2,1-3H3,(H,29,33)/t20-/m1/s1. The van der Waals surface area contributed by atoms with Gasteiger partial charge in [-0.3, -0.25) is 14.4 Å². The molecule has 0 saturated carbocycles. The largest absolute Gasteiger partial charge is 0.355 e. The lowest BCUT2D eigenvalue weighted by Gasteiger charge is -2.29. The minimum absolute atomic E-state index is 0.0218. The molecule has 1 N–H and O–H groups in total. The molecule has 0 unspecified atom stereocenters. The predicted octanol–water partition coefficient (Wildman–Crippen LogP) is 4.44. The lowest BCUT2D eigenvalue weighted by atomic mass is 10.1. The van der Waals surface area contributed by atoms with Gasteiger partial charge in [0, 0.05) is 37.0 Å². The Morgan fingerprint density at radius 2 is 1.74 bits per heavy atom. The Kier molecular flexibility index (Phi) is 6.96. The molecule has 0 aromatic heterocycles. The Labute approximate surface area is 200 Å². The number of aryl methyl sites for hydroxylation is 1. The molecular formula is C28H31N3O3. The maximum absolute atomic E-state index is 13.3. The van der Waals surface area contributed by atoms with E-state index in [0.29, 0.717) is 31.6 Å². The number of hydrogen-bond donors (Lipinski definition) is 1. The van der Waals surface area contributed by atoms with Crippen molar-refractivity contribution in [1.82, 2.24) is 10.2 Å². The van der Waals surface area contributed by atoms with Gasteiger partial charge in [0.2, 0.25) is 11.8 Å². The fourth-order valence-corrected chi connectivity index (χ4v) is 4.53. The summed E-state index contributed by atoms with van der Waals surface area (Å²) >= 11 is 0. The maximum Gasteiger partial charge on any atom is 0.258 e. The van der Waals surface area contributed by atoms with Gasteiger partial charge in [-0.1, -0.05) is 54.1 Å². The van der Waals surface area contributed by atoms with Crippen molar-refractivity contribution in [3.8, 4) is 0 Å². The third-order valence-electron chi connectivity index (χ3n) is 6.41. The summed E-state index contributed by atoms with van der Waals surface area (Å²) in [4.78, 5) is 42.2. The first-order valence-corrected chi connectivity index (χ1v) is 11.9. The first kappa shape index (κ1) is 23.5. The van der Waals surface area contributed by atoms with Crippen molar-refractivity contribution in [3.05, 3.63) is 77.4 Å². The zero-order valence-corrected chi connectivity index (χ0v) is 20.0. The number of amides is 3. The Balaban J connectivity index is 1.45. The van der Waals surface area contributed by atoms with Crippen molar-refractivity contribution in [2.24, 2.45) is 0 Å². The highest BCUT2D eigenvalue weighted by Crippen LogP contribution is 2.37. The van der Waals surface area contributed by atoms with Crippen molar-refractivity contribution in [1.29, 1.82) is 0 Å². The van der Waals surface area contributed by atoms with Crippen LogP contribution in [0.1, 0.15) is 48.2 Å². The van der Waals surface area contributed by atoms with Crippen molar-refractivity contribution < 1.29 is 14.4 Å². The highest BCUT2D eigenvalue weighted by Gasteiger charge is 2.30. The molecule has 1 heterocycles. The summed E-state index contributed by atoms with van der Waals surface area (Å²) in [6.07, 6.45) is 0.771. The number of hydrogen-bond acceptors (Lipinski definition) is 3. The molecule has 3 aromatic carbocycles. The Morgan fingerprint density at radius 3 is 2.44 bits per heavy atom. The number of carbonyl (C=O) groups is 3. The van der Waals surface area contributed by atoms with E-state index in [-0.39, 0.29) is 24.1 Å². The minimum atomic E-state index is -0.583. The molecule has 0 fully saturated rings. The second kappa shape index (κ2) is 10.1. The summed E-state index contributed by atoms with van der Waals surface area (Å²) in [6, 6.07) is 19.1. The van der Waals surface area contributed by atoms with E-state index in [1.807, 2.05) is 74.5 Å². The quantitative estimate of drug-likeness (QED) is 0.516. The van der Waals surface area contributed by atoms with Crippen LogP contribution in [0.3, 0.4) is 0 Å². The topological polar surface area (TPSA) is 69.7 Å². The normalized spacial score (nSPS) is 13.3. The van der Waals surface area contributed by atoms with Gasteiger partial charge >= 0.3 is 0 Å². The van der Waals surface area contributed by atoms with Gasteiger partial charge in [0.15, 0.2) is 0 Å². The molecule has 34 heavy (non-hydrogen) atoms. The third kappa shape index (κ3) is 4.67. The van der Waals surface area contributed by atoms with Gasteiger partial charge in [-0.15, -0.1) is 0 Å². The highest BCUT2D eigenvalue weighted by molar-refractivity contribution is 6.25. The van der Waals surface area contributed by atoms with E-state index in [9.17, 15) is 14.4 Å². The molecule has 0 radical (unpaired) electrons. The zero-order chi connectivity index (χ0) is 24.2. The summed E-state index contributed by atoms with van der Waals surface area (Å²) in [7, 11) is 0. The first-order valence-electron chi connectivity index (χ1n) is 11.9. The van der Waals surface area contributed by atoms with Gasteiger partial charge in [0.1, 0.15) is 6.04 Å². The van der Waals surface area contributed by atoms with Crippen molar-refractivity contribution in [2.45, 2.75) is 46.2 Å². The Morgan fingerprint density at radius 1 is 1.03 bits per heavy atom. The number of carbonyl (C=O) groups excluding carboxylic acids is 3. The molecule has 1 aliphatic heterocycles. The fourth-order valence-electron chi connectivity index (χ4n) is 4.53. The molecule has 0 saturated heterocycles. The van der Waals surface area contributed by atoms with Gasteiger partial charge in [0.05, 0.1) is 5.69 Å². The molecule has 3 amide bonds. The second-order valence-corrected chi connectivity index (χ2v) is 8.82. The molecule has 0 bridgehead atoms. The van der Waals surface area contributed by atoms with Crippen LogP contribution in [0.25, 0.3) is 10.8 Å². The maximum atomic E-state index is 13.3. The number of nitrogens with zero attached hydrogens (tertiary/aromatic N) is 2. The van der Waals surface area contributed by atoms with Gasteiger partial charge in [-0.05, 0) is 50.3 Å². The van der Waals surface area contributed by atoms with Crippen LogP contribution in [0.4, 0.5) is 5.69 Å². The fraction of sp³-hybridized carbons (Fsp3) is 0.321. The summed E-state index contributed by atoms with van der Waals surface area (Å²) in [5, 5.41) is 4.84. The average molecular weight is 458 g/mol. The van der Waals surface area contributed by atoms with Crippen molar-refractivity contribution in [3.63, 3.8) is 0 Å². The van der Waals surface area contributed by atoms with E-state index in [1.165, 1.54) is 0 Å². The molecular weight excluding hydrogens is 426 g/mol. The zero-order valence-electron chi connectivity index (χ0n) is 20.0.